The van der Waals surface area contributed by atoms with Crippen molar-refractivity contribution in [2.75, 3.05) is 6.61 Å². The molecule has 4 aliphatic rings. The molecule has 4 bridgehead atoms. The maximum absolute atomic E-state index is 12.7. The normalized spacial score (nSPS) is 33.7. The molecule has 0 radical (unpaired) electrons. The number of carbonyl (C=O) groups is 2. The molecule has 10 heteroatoms. The minimum atomic E-state index is -5.57. The fraction of sp³-hybridized carbons (Fsp3) is 0.789. The molecule has 4 fully saturated rings. The SMILES string of the molecule is C=C(C)C(=O)OC12CC3CC(C1)CC(C(=O)OCC(C(F)(F)F)C(F)(F)F)(C3)C2. The highest BCUT2D eigenvalue weighted by Crippen LogP contribution is 2.63. The summed E-state index contributed by atoms with van der Waals surface area (Å²) in [5.41, 5.74) is -2.00. The standard InChI is InChI=1S/C19H22F6O4/c1-10(2)14(26)29-17-6-11-3-12(7-17)5-16(4-11,9-17)15(27)28-8-13(18(20,21)22)19(23,24)25/h11-13H,1,3-9H2,2H3. The van der Waals surface area contributed by atoms with Crippen LogP contribution in [0.5, 0.6) is 0 Å². The van der Waals surface area contributed by atoms with E-state index >= 15 is 0 Å². The van der Waals surface area contributed by atoms with Crippen LogP contribution >= 0.6 is 0 Å². The number of esters is 2. The van der Waals surface area contributed by atoms with Crippen molar-refractivity contribution in [3.63, 3.8) is 0 Å². The van der Waals surface area contributed by atoms with Gasteiger partial charge in [0.1, 0.15) is 12.2 Å². The third-order valence-electron chi connectivity index (χ3n) is 6.27. The second kappa shape index (κ2) is 6.91. The van der Waals surface area contributed by atoms with Crippen molar-refractivity contribution in [1.82, 2.24) is 0 Å². The van der Waals surface area contributed by atoms with Crippen molar-refractivity contribution in [2.24, 2.45) is 23.2 Å². The van der Waals surface area contributed by atoms with E-state index < -0.39 is 47.8 Å². The van der Waals surface area contributed by atoms with E-state index in [9.17, 15) is 35.9 Å². The quantitative estimate of drug-likeness (QED) is 0.361. The number of alkyl halides is 6. The Hall–Kier alpha value is -1.74. The molecule has 0 amide bonds. The van der Waals surface area contributed by atoms with E-state index in [0.717, 1.165) is 6.42 Å². The van der Waals surface area contributed by atoms with Gasteiger partial charge in [0.15, 0.2) is 5.92 Å². The topological polar surface area (TPSA) is 52.6 Å². The van der Waals surface area contributed by atoms with E-state index in [-0.39, 0.29) is 23.8 Å². The van der Waals surface area contributed by atoms with Crippen molar-refractivity contribution in [3.8, 4) is 0 Å². The Morgan fingerprint density at radius 3 is 2.00 bits per heavy atom. The van der Waals surface area contributed by atoms with Crippen molar-refractivity contribution < 1.29 is 45.4 Å². The molecule has 4 nitrogen and oxygen atoms in total. The maximum Gasteiger partial charge on any atom is 0.403 e. The number of hydrogen-bond acceptors (Lipinski definition) is 4. The van der Waals surface area contributed by atoms with E-state index in [4.69, 9.17) is 4.74 Å². The van der Waals surface area contributed by atoms with Crippen molar-refractivity contribution in [1.29, 1.82) is 0 Å². The average Bonchev–Trinajstić information content (AvgIpc) is 2.50. The van der Waals surface area contributed by atoms with Gasteiger partial charge < -0.3 is 9.47 Å². The van der Waals surface area contributed by atoms with E-state index in [1.165, 1.54) is 6.92 Å². The van der Waals surface area contributed by atoms with Gasteiger partial charge in [0.2, 0.25) is 0 Å². The molecule has 0 heterocycles. The lowest BCUT2D eigenvalue weighted by Gasteiger charge is -2.59. The monoisotopic (exact) mass is 428 g/mol. The lowest BCUT2D eigenvalue weighted by molar-refractivity contribution is -0.294. The minimum Gasteiger partial charge on any atom is -0.464 e. The highest BCUT2D eigenvalue weighted by Gasteiger charge is 2.64. The van der Waals surface area contributed by atoms with Crippen molar-refractivity contribution in [3.05, 3.63) is 12.2 Å². The molecule has 4 aliphatic carbocycles. The lowest BCUT2D eigenvalue weighted by atomic mass is 9.48. The second-order valence-electron chi connectivity index (χ2n) is 8.83. The first-order valence-electron chi connectivity index (χ1n) is 9.35. The van der Waals surface area contributed by atoms with Crippen LogP contribution in [0.1, 0.15) is 45.4 Å². The van der Waals surface area contributed by atoms with Gasteiger partial charge in [0.25, 0.3) is 0 Å². The molecule has 4 saturated carbocycles. The second-order valence-corrected chi connectivity index (χ2v) is 8.83. The summed E-state index contributed by atoms with van der Waals surface area (Å²) in [5.74, 6) is -5.42. The number of halogens is 6. The summed E-state index contributed by atoms with van der Waals surface area (Å²) < 4.78 is 86.6. The molecule has 0 aromatic rings. The van der Waals surface area contributed by atoms with Crippen molar-refractivity contribution in [2.45, 2.75) is 63.4 Å². The predicted molar refractivity (Wildman–Crippen MR) is 87.3 cm³/mol. The van der Waals surface area contributed by atoms with Crippen LogP contribution in [0.4, 0.5) is 26.3 Å². The van der Waals surface area contributed by atoms with Gasteiger partial charge >= 0.3 is 24.3 Å². The van der Waals surface area contributed by atoms with Crippen LogP contribution in [0, 0.1) is 23.2 Å². The molecule has 29 heavy (non-hydrogen) atoms. The Balaban J connectivity index is 1.77. The maximum atomic E-state index is 12.7. The summed E-state index contributed by atoms with van der Waals surface area (Å²) in [6.45, 7) is 3.19. The summed E-state index contributed by atoms with van der Waals surface area (Å²) in [4.78, 5) is 24.8. The summed E-state index contributed by atoms with van der Waals surface area (Å²) >= 11 is 0. The molecule has 164 valence electrons. The summed E-state index contributed by atoms with van der Waals surface area (Å²) in [6.07, 6.45) is -8.63. The van der Waals surface area contributed by atoms with E-state index in [1.54, 1.807) is 0 Å². The molecule has 0 spiro atoms. The molecule has 0 N–H and O–H groups in total. The molecule has 0 aromatic heterocycles. The van der Waals surface area contributed by atoms with Gasteiger partial charge in [0, 0.05) is 12.0 Å². The van der Waals surface area contributed by atoms with Gasteiger partial charge in [-0.1, -0.05) is 6.58 Å². The third kappa shape index (κ3) is 4.26. The Labute approximate surface area is 163 Å². The molecule has 4 rings (SSSR count). The predicted octanol–water partition coefficient (Wildman–Crippen LogP) is 4.73. The number of rotatable bonds is 5. The van der Waals surface area contributed by atoms with Crippen LogP contribution in [0.2, 0.25) is 0 Å². The van der Waals surface area contributed by atoms with Crippen molar-refractivity contribution >= 4 is 11.9 Å². The zero-order valence-corrected chi connectivity index (χ0v) is 15.8. The highest BCUT2D eigenvalue weighted by atomic mass is 19.4. The van der Waals surface area contributed by atoms with E-state index in [1.807, 2.05) is 0 Å². The van der Waals surface area contributed by atoms with Gasteiger partial charge in [0.05, 0.1) is 5.41 Å². The molecular formula is C19H22F6O4. The van der Waals surface area contributed by atoms with Crippen LogP contribution in [-0.2, 0) is 19.1 Å². The molecule has 2 atom stereocenters. The van der Waals surface area contributed by atoms with Gasteiger partial charge in [-0.3, -0.25) is 4.79 Å². The number of carbonyl (C=O) groups excluding carboxylic acids is 2. The minimum absolute atomic E-state index is 0.00255. The summed E-state index contributed by atoms with van der Waals surface area (Å²) in [7, 11) is 0. The highest BCUT2D eigenvalue weighted by molar-refractivity contribution is 5.87. The van der Waals surface area contributed by atoms with E-state index in [2.05, 4.69) is 11.3 Å². The summed E-state index contributed by atoms with van der Waals surface area (Å²) in [6, 6.07) is 0. The zero-order valence-electron chi connectivity index (χ0n) is 15.8. The van der Waals surface area contributed by atoms with Gasteiger partial charge in [-0.05, 0) is 50.9 Å². The van der Waals surface area contributed by atoms with Gasteiger partial charge in [-0.2, -0.15) is 26.3 Å². The van der Waals surface area contributed by atoms with Crippen LogP contribution in [-0.4, -0.2) is 36.5 Å². The molecule has 0 saturated heterocycles. The lowest BCUT2D eigenvalue weighted by Crippen LogP contribution is -2.60. The van der Waals surface area contributed by atoms with Gasteiger partial charge in [-0.25, -0.2) is 4.79 Å². The Bertz CT molecular complexity index is 682. The van der Waals surface area contributed by atoms with Crippen LogP contribution < -0.4 is 0 Å². The first-order chi connectivity index (χ1) is 13.2. The van der Waals surface area contributed by atoms with Gasteiger partial charge in [-0.15, -0.1) is 0 Å². The Morgan fingerprint density at radius 2 is 1.55 bits per heavy atom. The molecule has 0 aromatic carbocycles. The average molecular weight is 428 g/mol. The first-order valence-corrected chi connectivity index (χ1v) is 9.35. The molecular weight excluding hydrogens is 406 g/mol. The third-order valence-corrected chi connectivity index (χ3v) is 6.27. The zero-order chi connectivity index (χ0) is 21.8. The fourth-order valence-electron chi connectivity index (χ4n) is 5.51. The number of hydrogen-bond donors (Lipinski definition) is 0. The van der Waals surface area contributed by atoms with Crippen LogP contribution in [0.25, 0.3) is 0 Å². The smallest absolute Gasteiger partial charge is 0.403 e. The number of ether oxygens (including phenoxy) is 2. The Kier molecular flexibility index (Phi) is 5.23. The largest absolute Gasteiger partial charge is 0.464 e. The first kappa shape index (κ1) is 22.0. The molecule has 2 unspecified atom stereocenters. The fourth-order valence-corrected chi connectivity index (χ4v) is 5.51. The van der Waals surface area contributed by atoms with Crippen LogP contribution in [0.15, 0.2) is 12.2 Å². The molecule has 0 aliphatic heterocycles. The van der Waals surface area contributed by atoms with E-state index in [0.29, 0.717) is 25.7 Å². The van der Waals surface area contributed by atoms with Crippen LogP contribution in [0.3, 0.4) is 0 Å². The summed E-state index contributed by atoms with van der Waals surface area (Å²) in [5, 5.41) is 0. The Morgan fingerprint density at radius 1 is 1.03 bits per heavy atom.